The number of sulfone groups is 1. The second kappa shape index (κ2) is 8.43. The van der Waals surface area contributed by atoms with Crippen molar-refractivity contribution in [2.24, 2.45) is 0 Å². The standard InChI is InChI=1S/C12H17N3O3S.2ClH/c13-10-3-1-2-4-11(10)14-12(16)9-15-5-7-19(17,18)8-6-15;;/h1-4H,5-9,13H2,(H,14,16);2*1H. The van der Waals surface area contributed by atoms with Crippen LogP contribution in [-0.4, -0.2) is 50.4 Å². The Balaban J connectivity index is 0.00000200. The van der Waals surface area contributed by atoms with E-state index in [1.807, 2.05) is 4.90 Å². The van der Waals surface area contributed by atoms with Crippen molar-refractivity contribution in [3.63, 3.8) is 0 Å². The van der Waals surface area contributed by atoms with Crippen molar-refractivity contribution in [1.82, 2.24) is 4.90 Å². The first-order chi connectivity index (χ1) is 8.96. The number of anilines is 2. The molecule has 0 aromatic heterocycles. The maximum absolute atomic E-state index is 11.8. The topological polar surface area (TPSA) is 92.5 Å². The monoisotopic (exact) mass is 355 g/mol. The van der Waals surface area contributed by atoms with Crippen LogP contribution in [0.5, 0.6) is 0 Å². The molecule has 0 atom stereocenters. The molecule has 0 aliphatic carbocycles. The van der Waals surface area contributed by atoms with Gasteiger partial charge in [0.15, 0.2) is 9.84 Å². The van der Waals surface area contributed by atoms with Gasteiger partial charge in [0, 0.05) is 13.1 Å². The van der Waals surface area contributed by atoms with Gasteiger partial charge in [-0.3, -0.25) is 9.69 Å². The third kappa shape index (κ3) is 6.09. The summed E-state index contributed by atoms with van der Waals surface area (Å²) in [5, 5.41) is 2.72. The minimum Gasteiger partial charge on any atom is -0.397 e. The lowest BCUT2D eigenvalue weighted by Gasteiger charge is -2.25. The average Bonchev–Trinajstić information content (AvgIpc) is 2.35. The molecule has 1 aliphatic rings. The maximum Gasteiger partial charge on any atom is 0.238 e. The summed E-state index contributed by atoms with van der Waals surface area (Å²) in [4.78, 5) is 13.7. The largest absolute Gasteiger partial charge is 0.397 e. The Morgan fingerprint density at radius 3 is 2.33 bits per heavy atom. The molecule has 9 heteroatoms. The van der Waals surface area contributed by atoms with Crippen LogP contribution >= 0.6 is 24.8 Å². The van der Waals surface area contributed by atoms with Crippen LogP contribution in [-0.2, 0) is 14.6 Å². The normalized spacial score (nSPS) is 17.1. The zero-order valence-corrected chi connectivity index (χ0v) is 13.8. The minimum atomic E-state index is -2.91. The summed E-state index contributed by atoms with van der Waals surface area (Å²) in [6.45, 7) is 0.990. The van der Waals surface area contributed by atoms with E-state index >= 15 is 0 Å². The van der Waals surface area contributed by atoms with Gasteiger partial charge in [0.2, 0.25) is 5.91 Å². The summed E-state index contributed by atoms with van der Waals surface area (Å²) in [5.74, 6) is 0.0545. The lowest BCUT2D eigenvalue weighted by atomic mass is 10.2. The van der Waals surface area contributed by atoms with Gasteiger partial charge in [-0.15, -0.1) is 24.8 Å². The first-order valence-electron chi connectivity index (χ1n) is 6.03. The number of carbonyl (C=O) groups excluding carboxylic acids is 1. The quantitative estimate of drug-likeness (QED) is 0.781. The molecule has 0 radical (unpaired) electrons. The molecule has 1 aliphatic heterocycles. The van der Waals surface area contributed by atoms with Crippen LogP contribution in [0.15, 0.2) is 24.3 Å². The van der Waals surface area contributed by atoms with Gasteiger partial charge < -0.3 is 11.1 Å². The number of benzene rings is 1. The number of nitrogens with one attached hydrogen (secondary N) is 1. The summed E-state index contributed by atoms with van der Waals surface area (Å²) in [7, 11) is -2.91. The van der Waals surface area contributed by atoms with Crippen LogP contribution in [0.2, 0.25) is 0 Å². The van der Waals surface area contributed by atoms with E-state index in [1.165, 1.54) is 0 Å². The van der Waals surface area contributed by atoms with E-state index in [9.17, 15) is 13.2 Å². The third-order valence-electron chi connectivity index (χ3n) is 3.04. The van der Waals surface area contributed by atoms with Crippen LogP contribution in [0, 0.1) is 0 Å². The van der Waals surface area contributed by atoms with Crippen molar-refractivity contribution in [1.29, 1.82) is 0 Å². The highest BCUT2D eigenvalue weighted by atomic mass is 35.5. The Labute approximate surface area is 136 Å². The molecule has 1 aromatic carbocycles. The average molecular weight is 356 g/mol. The second-order valence-corrected chi connectivity index (χ2v) is 6.87. The summed E-state index contributed by atoms with van der Waals surface area (Å²) in [6.07, 6.45) is 0. The van der Waals surface area contributed by atoms with Crippen molar-refractivity contribution in [2.75, 3.05) is 42.2 Å². The summed E-state index contributed by atoms with van der Waals surface area (Å²) < 4.78 is 22.5. The van der Waals surface area contributed by atoms with Crippen LogP contribution in [0.3, 0.4) is 0 Å². The van der Waals surface area contributed by atoms with E-state index in [0.717, 1.165) is 0 Å². The highest BCUT2D eigenvalue weighted by Gasteiger charge is 2.22. The number of hydrogen-bond acceptors (Lipinski definition) is 5. The molecule has 1 amide bonds. The van der Waals surface area contributed by atoms with Crippen LogP contribution in [0.4, 0.5) is 11.4 Å². The molecule has 2 rings (SSSR count). The van der Waals surface area contributed by atoms with E-state index in [2.05, 4.69) is 5.32 Å². The molecule has 1 fully saturated rings. The molecule has 1 heterocycles. The van der Waals surface area contributed by atoms with E-state index in [-0.39, 0.29) is 48.8 Å². The van der Waals surface area contributed by atoms with Crippen LogP contribution < -0.4 is 11.1 Å². The number of para-hydroxylation sites is 2. The highest BCUT2D eigenvalue weighted by Crippen LogP contribution is 2.16. The number of amides is 1. The van der Waals surface area contributed by atoms with Crippen molar-refractivity contribution in [2.45, 2.75) is 0 Å². The molecule has 1 aromatic rings. The van der Waals surface area contributed by atoms with Gasteiger partial charge in [0.25, 0.3) is 0 Å². The van der Waals surface area contributed by atoms with Gasteiger partial charge in [-0.1, -0.05) is 12.1 Å². The predicted molar refractivity (Wildman–Crippen MR) is 89.1 cm³/mol. The first kappa shape index (κ1) is 20.0. The smallest absolute Gasteiger partial charge is 0.238 e. The molecule has 0 spiro atoms. The summed E-state index contributed by atoms with van der Waals surface area (Å²) in [6, 6.07) is 7.02. The zero-order valence-electron chi connectivity index (χ0n) is 11.3. The Bertz CT molecular complexity index is 567. The maximum atomic E-state index is 11.8. The number of nitrogen functional groups attached to an aromatic ring is 1. The first-order valence-corrected chi connectivity index (χ1v) is 7.85. The fourth-order valence-corrected chi connectivity index (χ4v) is 3.19. The van der Waals surface area contributed by atoms with E-state index in [4.69, 9.17) is 5.73 Å². The summed E-state index contributed by atoms with van der Waals surface area (Å²) in [5.41, 5.74) is 6.82. The number of nitrogens with zero attached hydrogens (tertiary/aromatic N) is 1. The number of halogens is 2. The van der Waals surface area contributed by atoms with Crippen LogP contribution in [0.25, 0.3) is 0 Å². The fourth-order valence-electron chi connectivity index (χ4n) is 1.91. The molecule has 3 N–H and O–H groups in total. The lowest BCUT2D eigenvalue weighted by molar-refractivity contribution is -0.117. The molecular weight excluding hydrogens is 337 g/mol. The van der Waals surface area contributed by atoms with Crippen molar-refractivity contribution in [3.8, 4) is 0 Å². The Kier molecular flexibility index (Phi) is 8.02. The van der Waals surface area contributed by atoms with Crippen LogP contribution in [0.1, 0.15) is 0 Å². The van der Waals surface area contributed by atoms with Gasteiger partial charge >= 0.3 is 0 Å². The highest BCUT2D eigenvalue weighted by molar-refractivity contribution is 7.91. The molecule has 6 nitrogen and oxygen atoms in total. The van der Waals surface area contributed by atoms with E-state index < -0.39 is 9.84 Å². The Morgan fingerprint density at radius 2 is 1.76 bits per heavy atom. The molecule has 1 saturated heterocycles. The molecule has 0 unspecified atom stereocenters. The van der Waals surface area contributed by atoms with Crippen molar-refractivity contribution in [3.05, 3.63) is 24.3 Å². The van der Waals surface area contributed by atoms with Crippen molar-refractivity contribution >= 4 is 51.9 Å². The Hall–Kier alpha value is -1.02. The van der Waals surface area contributed by atoms with Crippen molar-refractivity contribution < 1.29 is 13.2 Å². The molecule has 0 bridgehead atoms. The molecule has 120 valence electrons. The minimum absolute atomic E-state index is 0. The number of carbonyl (C=O) groups is 1. The van der Waals surface area contributed by atoms with E-state index in [0.29, 0.717) is 24.5 Å². The molecular formula is C12H19Cl2N3O3S. The molecule has 0 saturated carbocycles. The van der Waals surface area contributed by atoms with Gasteiger partial charge in [-0.2, -0.15) is 0 Å². The van der Waals surface area contributed by atoms with Gasteiger partial charge in [-0.25, -0.2) is 8.42 Å². The SMILES string of the molecule is Cl.Cl.Nc1ccccc1NC(=O)CN1CCS(=O)(=O)CC1. The van der Waals surface area contributed by atoms with E-state index in [1.54, 1.807) is 24.3 Å². The fraction of sp³-hybridized carbons (Fsp3) is 0.417. The molecule has 21 heavy (non-hydrogen) atoms. The Morgan fingerprint density at radius 1 is 1.19 bits per heavy atom. The van der Waals surface area contributed by atoms with Gasteiger partial charge in [0.05, 0.1) is 29.4 Å². The lowest BCUT2D eigenvalue weighted by Crippen LogP contribution is -2.43. The zero-order chi connectivity index (χ0) is 13.9. The summed E-state index contributed by atoms with van der Waals surface area (Å²) >= 11 is 0. The number of rotatable bonds is 3. The second-order valence-electron chi connectivity index (χ2n) is 4.56. The predicted octanol–water partition coefficient (Wildman–Crippen LogP) is 0.781. The number of hydrogen-bond donors (Lipinski definition) is 2. The van der Waals surface area contributed by atoms with Gasteiger partial charge in [-0.05, 0) is 12.1 Å². The van der Waals surface area contributed by atoms with Gasteiger partial charge in [0.1, 0.15) is 0 Å². The third-order valence-corrected chi connectivity index (χ3v) is 4.65. The number of nitrogens with two attached hydrogens (primary N) is 1.